The number of nitrogens with one attached hydrogen (secondary N) is 4. The lowest BCUT2D eigenvalue weighted by molar-refractivity contribution is 0.0960. The predicted molar refractivity (Wildman–Crippen MR) is 115 cm³/mol. The van der Waals surface area contributed by atoms with Crippen LogP contribution in [0.2, 0.25) is 0 Å². The van der Waals surface area contributed by atoms with Crippen molar-refractivity contribution in [1.82, 2.24) is 10.6 Å². The van der Waals surface area contributed by atoms with Gasteiger partial charge in [-0.1, -0.05) is 19.8 Å². The van der Waals surface area contributed by atoms with Gasteiger partial charge in [-0.15, -0.1) is 0 Å². The van der Waals surface area contributed by atoms with Gasteiger partial charge < -0.3 is 25.8 Å². The van der Waals surface area contributed by atoms with Gasteiger partial charge in [0.15, 0.2) is 0 Å². The first-order chi connectivity index (χ1) is 14.4. The van der Waals surface area contributed by atoms with Gasteiger partial charge in [0.25, 0.3) is 5.91 Å². The number of carboxylic acid groups (broad SMARTS) is 1. The van der Waals surface area contributed by atoms with E-state index in [0.29, 0.717) is 29.4 Å². The molecule has 0 atom stereocenters. The van der Waals surface area contributed by atoms with Gasteiger partial charge in [0.2, 0.25) is 0 Å². The van der Waals surface area contributed by atoms with Crippen molar-refractivity contribution >= 4 is 29.4 Å². The Bertz CT molecular complexity index is 883. The molecule has 9 nitrogen and oxygen atoms in total. The zero-order valence-corrected chi connectivity index (χ0v) is 17.0. The third-order valence-corrected chi connectivity index (χ3v) is 4.11. The number of benzene rings is 2. The highest BCUT2D eigenvalue weighted by Crippen LogP contribution is 2.29. The molecule has 0 spiro atoms. The fraction of sp³-hybridized carbons (Fsp3) is 0.286. The Balaban J connectivity index is 2.11. The molecule has 0 unspecified atom stereocenters. The topological polar surface area (TPSA) is 129 Å². The Morgan fingerprint density at radius 3 is 2.30 bits per heavy atom. The number of ether oxygens (including phenoxy) is 1. The molecule has 0 radical (unpaired) electrons. The third kappa shape index (κ3) is 7.01. The number of hydrogen-bond acceptors (Lipinski definition) is 4. The van der Waals surface area contributed by atoms with Crippen molar-refractivity contribution in [1.29, 1.82) is 0 Å². The zero-order valence-electron chi connectivity index (χ0n) is 17.0. The highest BCUT2D eigenvalue weighted by molar-refractivity contribution is 5.99. The number of urea groups is 1. The summed E-state index contributed by atoms with van der Waals surface area (Å²) in [5.74, 6) is 0.342. The minimum Gasteiger partial charge on any atom is -0.465 e. The molecule has 0 saturated carbocycles. The number of hydrogen-bond donors (Lipinski definition) is 5. The number of amides is 4. The van der Waals surface area contributed by atoms with Crippen LogP contribution in [0.15, 0.2) is 42.5 Å². The molecule has 0 bridgehead atoms. The number of rotatable bonds is 9. The molecule has 2 aromatic rings. The van der Waals surface area contributed by atoms with Crippen LogP contribution in [0.1, 0.15) is 36.5 Å². The van der Waals surface area contributed by atoms with Crippen LogP contribution in [-0.4, -0.2) is 36.7 Å². The van der Waals surface area contributed by atoms with Gasteiger partial charge in [0, 0.05) is 25.0 Å². The lowest BCUT2D eigenvalue weighted by Crippen LogP contribution is -2.29. The van der Waals surface area contributed by atoms with Crippen molar-refractivity contribution in [3.63, 3.8) is 0 Å². The summed E-state index contributed by atoms with van der Waals surface area (Å²) in [5, 5.41) is 19.0. The highest BCUT2D eigenvalue weighted by Gasteiger charge is 2.14. The van der Waals surface area contributed by atoms with Crippen LogP contribution < -0.4 is 26.0 Å². The summed E-state index contributed by atoms with van der Waals surface area (Å²) in [5.41, 5.74) is 1.09. The maximum Gasteiger partial charge on any atom is 0.409 e. The predicted octanol–water partition coefficient (Wildman–Crippen LogP) is 4.24. The summed E-state index contributed by atoms with van der Waals surface area (Å²) < 4.78 is 5.78. The molecule has 160 valence electrons. The van der Waals surface area contributed by atoms with Gasteiger partial charge in [-0.2, -0.15) is 0 Å². The van der Waals surface area contributed by atoms with E-state index in [2.05, 4.69) is 28.2 Å². The van der Waals surface area contributed by atoms with Crippen molar-refractivity contribution in [2.45, 2.75) is 26.2 Å². The van der Waals surface area contributed by atoms with E-state index in [1.807, 2.05) is 0 Å². The molecule has 5 N–H and O–H groups in total. The third-order valence-electron chi connectivity index (χ3n) is 4.11. The second kappa shape index (κ2) is 11.3. The van der Waals surface area contributed by atoms with E-state index < -0.39 is 6.09 Å². The molecule has 0 aliphatic carbocycles. The van der Waals surface area contributed by atoms with Crippen LogP contribution in [0.4, 0.5) is 21.0 Å². The Morgan fingerprint density at radius 2 is 1.67 bits per heavy atom. The zero-order chi connectivity index (χ0) is 21.9. The molecule has 0 saturated heterocycles. The lowest BCUT2D eigenvalue weighted by atomic mass is 10.1. The van der Waals surface area contributed by atoms with Gasteiger partial charge in [-0.25, -0.2) is 9.59 Å². The van der Waals surface area contributed by atoms with Gasteiger partial charge >= 0.3 is 12.1 Å². The molecule has 0 fully saturated rings. The summed E-state index contributed by atoms with van der Waals surface area (Å²) in [7, 11) is 1.50. The molecule has 0 aliphatic rings. The van der Waals surface area contributed by atoms with E-state index in [9.17, 15) is 14.4 Å². The number of unbranched alkanes of at least 4 members (excludes halogenated alkanes) is 2. The van der Waals surface area contributed by atoms with Crippen LogP contribution in [0.3, 0.4) is 0 Å². The van der Waals surface area contributed by atoms with E-state index in [1.54, 1.807) is 36.4 Å². The van der Waals surface area contributed by atoms with Gasteiger partial charge in [-0.3, -0.25) is 10.1 Å². The molecule has 2 aromatic carbocycles. The first kappa shape index (κ1) is 22.5. The average Bonchev–Trinajstić information content (AvgIpc) is 2.72. The summed E-state index contributed by atoms with van der Waals surface area (Å²) in [6, 6.07) is 10.6. The minimum absolute atomic E-state index is 0.244. The summed E-state index contributed by atoms with van der Waals surface area (Å²) in [4.78, 5) is 35.0. The van der Waals surface area contributed by atoms with Crippen LogP contribution in [0, 0.1) is 0 Å². The molecule has 30 heavy (non-hydrogen) atoms. The summed E-state index contributed by atoms with van der Waals surface area (Å²) in [6.45, 7) is 2.67. The molecule has 0 aliphatic heterocycles. The summed E-state index contributed by atoms with van der Waals surface area (Å²) >= 11 is 0. The van der Waals surface area contributed by atoms with Crippen molar-refractivity contribution in [2.24, 2.45) is 0 Å². The fourth-order valence-corrected chi connectivity index (χ4v) is 2.62. The summed E-state index contributed by atoms with van der Waals surface area (Å²) in [6.07, 6.45) is 1.85. The SMILES string of the molecule is CCCCCNC(=O)Nc1ccc(Oc2ccc(NC(=O)O)cc2)c(C(=O)NC)c1. The largest absolute Gasteiger partial charge is 0.465 e. The molecule has 0 heterocycles. The first-order valence-corrected chi connectivity index (χ1v) is 9.61. The minimum atomic E-state index is -1.16. The van der Waals surface area contributed by atoms with Crippen molar-refractivity contribution in [2.75, 3.05) is 24.2 Å². The number of carbonyl (C=O) groups is 3. The molecular weight excluding hydrogens is 388 g/mol. The molecule has 4 amide bonds. The van der Waals surface area contributed by atoms with Gasteiger partial charge in [0.1, 0.15) is 11.5 Å². The molecular formula is C21H26N4O5. The molecule has 2 rings (SSSR count). The Hall–Kier alpha value is -3.75. The number of anilines is 2. The quantitative estimate of drug-likeness (QED) is 0.392. The van der Waals surface area contributed by atoms with Crippen LogP contribution in [-0.2, 0) is 0 Å². The van der Waals surface area contributed by atoms with Gasteiger partial charge in [-0.05, 0) is 48.9 Å². The monoisotopic (exact) mass is 414 g/mol. The van der Waals surface area contributed by atoms with E-state index >= 15 is 0 Å². The Kier molecular flexibility index (Phi) is 8.49. The first-order valence-electron chi connectivity index (χ1n) is 9.61. The van der Waals surface area contributed by atoms with Crippen LogP contribution >= 0.6 is 0 Å². The smallest absolute Gasteiger partial charge is 0.409 e. The lowest BCUT2D eigenvalue weighted by Gasteiger charge is -2.13. The van der Waals surface area contributed by atoms with E-state index in [4.69, 9.17) is 9.84 Å². The van der Waals surface area contributed by atoms with Crippen LogP contribution in [0.25, 0.3) is 0 Å². The molecule has 0 aromatic heterocycles. The highest BCUT2D eigenvalue weighted by atomic mass is 16.5. The van der Waals surface area contributed by atoms with E-state index in [1.165, 1.54) is 13.1 Å². The van der Waals surface area contributed by atoms with E-state index in [0.717, 1.165) is 19.3 Å². The Labute approximate surface area is 174 Å². The number of carbonyl (C=O) groups excluding carboxylic acids is 2. The fourth-order valence-electron chi connectivity index (χ4n) is 2.62. The second-order valence-electron chi connectivity index (χ2n) is 6.43. The molecule has 9 heteroatoms. The van der Waals surface area contributed by atoms with E-state index in [-0.39, 0.29) is 17.5 Å². The Morgan fingerprint density at radius 1 is 0.967 bits per heavy atom. The van der Waals surface area contributed by atoms with Gasteiger partial charge in [0.05, 0.1) is 5.56 Å². The second-order valence-corrected chi connectivity index (χ2v) is 6.43. The maximum absolute atomic E-state index is 12.3. The normalized spacial score (nSPS) is 10.1. The van der Waals surface area contributed by atoms with Crippen molar-refractivity contribution < 1.29 is 24.2 Å². The average molecular weight is 414 g/mol. The van der Waals surface area contributed by atoms with Crippen molar-refractivity contribution in [3.05, 3.63) is 48.0 Å². The van der Waals surface area contributed by atoms with Crippen LogP contribution in [0.5, 0.6) is 11.5 Å². The van der Waals surface area contributed by atoms with Crippen molar-refractivity contribution in [3.8, 4) is 11.5 Å². The standard InChI is InChI=1S/C21H26N4O5/c1-3-4-5-12-23-20(27)24-15-8-11-18(17(13-15)19(26)22-2)30-16-9-6-14(7-10-16)25-21(28)29/h6-11,13,25H,3-5,12H2,1-2H3,(H,22,26)(H,28,29)(H2,23,24,27). The maximum atomic E-state index is 12.3.